The minimum atomic E-state index is -0.494. The van der Waals surface area contributed by atoms with E-state index in [2.05, 4.69) is 20.5 Å². The molecule has 0 aliphatic heterocycles. The third kappa shape index (κ3) is 5.14. The number of rotatable bonds is 8. The molecule has 0 heterocycles. The zero-order chi connectivity index (χ0) is 21.3. The van der Waals surface area contributed by atoms with Gasteiger partial charge >= 0.3 is 0 Å². The molecule has 30 heavy (non-hydrogen) atoms. The van der Waals surface area contributed by atoms with Crippen molar-refractivity contribution in [1.29, 1.82) is 0 Å². The van der Waals surface area contributed by atoms with Gasteiger partial charge in [0.2, 0.25) is 5.78 Å². The number of Topliss-reactive ketones (excluding diaryl/α,β-unsaturated/α-hetero) is 1. The minimum Gasteiger partial charge on any atom is -0.399 e. The second-order valence-electron chi connectivity index (χ2n) is 6.10. The number of non-ortho nitro benzene ring substituents is 1. The van der Waals surface area contributed by atoms with E-state index in [1.54, 1.807) is 12.1 Å². The first-order chi connectivity index (χ1) is 14.6. The molecule has 0 aliphatic carbocycles. The Balaban J connectivity index is 1.80. The molecule has 0 bridgehead atoms. The Morgan fingerprint density at radius 3 is 2.20 bits per heavy atom. The van der Waals surface area contributed by atoms with Crippen LogP contribution in [-0.2, 0) is 4.84 Å². The van der Waals surface area contributed by atoms with E-state index >= 15 is 0 Å². The summed E-state index contributed by atoms with van der Waals surface area (Å²) in [6, 6.07) is 22.6. The van der Waals surface area contributed by atoms with Crippen molar-refractivity contribution in [3.8, 4) is 11.1 Å². The van der Waals surface area contributed by atoms with Crippen molar-refractivity contribution in [2.45, 2.75) is 0 Å². The lowest BCUT2D eigenvalue weighted by Gasteiger charge is -2.05. The first kappa shape index (κ1) is 20.4. The molecule has 0 fully saturated rings. The van der Waals surface area contributed by atoms with E-state index in [0.717, 1.165) is 11.1 Å². The molecule has 0 radical (unpaired) electrons. The molecule has 0 saturated carbocycles. The van der Waals surface area contributed by atoms with Gasteiger partial charge in [-0.3, -0.25) is 20.3 Å². The number of carbonyl (C=O) groups is 1. The van der Waals surface area contributed by atoms with Gasteiger partial charge < -0.3 is 4.84 Å². The summed E-state index contributed by atoms with van der Waals surface area (Å²) in [6.07, 6.45) is 1.20. The van der Waals surface area contributed by atoms with Crippen LogP contribution in [0, 0.1) is 10.1 Å². The molecule has 0 atom stereocenters. The van der Waals surface area contributed by atoms with E-state index in [4.69, 9.17) is 0 Å². The van der Waals surface area contributed by atoms with Crippen LogP contribution in [0.5, 0.6) is 0 Å². The number of hydrazone groups is 1. The number of hydrogen-bond donors (Lipinski definition) is 1. The molecule has 3 aromatic carbocycles. The van der Waals surface area contributed by atoms with Crippen LogP contribution in [0.1, 0.15) is 10.4 Å². The predicted octanol–water partition coefficient (Wildman–Crippen LogP) is 4.54. The number of carbonyl (C=O) groups excluding carboxylic acids is 1. The number of nitrogens with zero attached hydrogens (tertiary/aromatic N) is 3. The Labute approximate surface area is 172 Å². The van der Waals surface area contributed by atoms with Crippen molar-refractivity contribution in [1.82, 2.24) is 0 Å². The highest BCUT2D eigenvalue weighted by Crippen LogP contribution is 2.20. The predicted molar refractivity (Wildman–Crippen MR) is 116 cm³/mol. The molecule has 150 valence electrons. The number of hydrogen-bond acceptors (Lipinski definition) is 7. The van der Waals surface area contributed by atoms with E-state index in [0.29, 0.717) is 11.3 Å². The van der Waals surface area contributed by atoms with Crippen LogP contribution >= 0.6 is 0 Å². The molecule has 0 amide bonds. The molecule has 0 unspecified atom stereocenters. The monoisotopic (exact) mass is 402 g/mol. The molecule has 3 aromatic rings. The summed E-state index contributed by atoms with van der Waals surface area (Å²) in [5, 5.41) is 18.4. The summed E-state index contributed by atoms with van der Waals surface area (Å²) < 4.78 is 0. The summed E-state index contributed by atoms with van der Waals surface area (Å²) in [4.78, 5) is 27.8. The summed E-state index contributed by atoms with van der Waals surface area (Å²) in [6.45, 7) is 0. The van der Waals surface area contributed by atoms with Gasteiger partial charge in [-0.25, -0.2) is 0 Å². The maximum absolute atomic E-state index is 12.9. The fourth-order valence-electron chi connectivity index (χ4n) is 2.62. The van der Waals surface area contributed by atoms with Crippen molar-refractivity contribution in [3.05, 3.63) is 94.5 Å². The Morgan fingerprint density at radius 2 is 1.60 bits per heavy atom. The molecule has 8 nitrogen and oxygen atoms in total. The highest BCUT2D eigenvalue weighted by atomic mass is 16.6. The van der Waals surface area contributed by atoms with Gasteiger partial charge in [0.25, 0.3) is 5.69 Å². The Kier molecular flexibility index (Phi) is 6.63. The Hall–Kier alpha value is -4.33. The Bertz CT molecular complexity index is 1080. The van der Waals surface area contributed by atoms with E-state index in [1.807, 2.05) is 42.5 Å². The number of oxime groups is 1. The van der Waals surface area contributed by atoms with Gasteiger partial charge in [-0.15, -0.1) is 0 Å². The number of nitro groups is 1. The summed E-state index contributed by atoms with van der Waals surface area (Å²) >= 11 is 0. The van der Waals surface area contributed by atoms with Gasteiger partial charge in [0, 0.05) is 17.7 Å². The van der Waals surface area contributed by atoms with E-state index in [-0.39, 0.29) is 17.2 Å². The van der Waals surface area contributed by atoms with Crippen LogP contribution in [0.4, 0.5) is 11.4 Å². The first-order valence-electron chi connectivity index (χ1n) is 8.93. The fraction of sp³-hybridized carbons (Fsp3) is 0.0455. The zero-order valence-electron chi connectivity index (χ0n) is 16.1. The van der Waals surface area contributed by atoms with Crippen LogP contribution in [-0.4, -0.2) is 29.7 Å². The number of nitro benzene ring substituents is 1. The summed E-state index contributed by atoms with van der Waals surface area (Å²) in [5.41, 5.74) is 5.63. The van der Waals surface area contributed by atoms with Crippen LogP contribution in [0.2, 0.25) is 0 Å². The fourth-order valence-corrected chi connectivity index (χ4v) is 2.62. The molecule has 1 N–H and O–H groups in total. The third-order valence-electron chi connectivity index (χ3n) is 4.15. The molecular weight excluding hydrogens is 384 g/mol. The van der Waals surface area contributed by atoms with Gasteiger partial charge in [-0.05, 0) is 23.3 Å². The SMILES string of the molecule is CON=CC(=NNc1ccc([N+](=O)[O-])cc1)C(=O)c1ccc(-c2ccccc2)cc1. The first-order valence-corrected chi connectivity index (χ1v) is 8.93. The maximum Gasteiger partial charge on any atom is 0.269 e. The maximum atomic E-state index is 12.9. The van der Waals surface area contributed by atoms with Crippen molar-refractivity contribution < 1.29 is 14.6 Å². The normalized spacial score (nSPS) is 11.3. The summed E-state index contributed by atoms with van der Waals surface area (Å²) in [5.74, 6) is -0.357. The van der Waals surface area contributed by atoms with Crippen LogP contribution in [0.25, 0.3) is 11.1 Å². The smallest absolute Gasteiger partial charge is 0.269 e. The van der Waals surface area contributed by atoms with Gasteiger partial charge in [0.1, 0.15) is 7.11 Å². The molecule has 0 saturated heterocycles. The van der Waals surface area contributed by atoms with Crippen LogP contribution in [0.3, 0.4) is 0 Å². The quantitative estimate of drug-likeness (QED) is 0.258. The van der Waals surface area contributed by atoms with E-state index < -0.39 is 4.92 Å². The zero-order valence-corrected chi connectivity index (χ0v) is 16.1. The average Bonchev–Trinajstić information content (AvgIpc) is 2.80. The standard InChI is InChI=1S/C22H18N4O4/c1-30-23-15-21(25-24-19-11-13-20(14-12-19)26(28)29)22(27)18-9-7-17(8-10-18)16-5-3-2-4-6-16/h2-15,24H,1H3. The molecule has 0 spiro atoms. The summed E-state index contributed by atoms with van der Waals surface area (Å²) in [7, 11) is 1.36. The molecule has 3 rings (SSSR count). The number of benzene rings is 3. The van der Waals surface area contributed by atoms with E-state index in [9.17, 15) is 14.9 Å². The van der Waals surface area contributed by atoms with E-state index in [1.165, 1.54) is 37.6 Å². The largest absolute Gasteiger partial charge is 0.399 e. The second kappa shape index (κ2) is 9.74. The number of anilines is 1. The number of nitrogens with one attached hydrogen (secondary N) is 1. The van der Waals surface area contributed by atoms with Gasteiger partial charge in [-0.1, -0.05) is 59.8 Å². The third-order valence-corrected chi connectivity index (χ3v) is 4.15. The van der Waals surface area contributed by atoms with Crippen molar-refractivity contribution in [3.63, 3.8) is 0 Å². The second-order valence-corrected chi connectivity index (χ2v) is 6.10. The highest BCUT2D eigenvalue weighted by Gasteiger charge is 2.14. The Morgan fingerprint density at radius 1 is 0.967 bits per heavy atom. The minimum absolute atomic E-state index is 0.0164. The van der Waals surface area contributed by atoms with Crippen LogP contribution in [0.15, 0.2) is 89.1 Å². The van der Waals surface area contributed by atoms with Gasteiger partial charge in [0.15, 0.2) is 5.71 Å². The lowest BCUT2D eigenvalue weighted by atomic mass is 10.0. The lowest BCUT2D eigenvalue weighted by Crippen LogP contribution is -2.18. The van der Waals surface area contributed by atoms with Crippen LogP contribution < -0.4 is 5.43 Å². The molecule has 0 aliphatic rings. The van der Waals surface area contributed by atoms with Crippen molar-refractivity contribution in [2.24, 2.45) is 10.3 Å². The van der Waals surface area contributed by atoms with Gasteiger partial charge in [0.05, 0.1) is 16.8 Å². The topological polar surface area (TPSA) is 106 Å². The molecule has 8 heteroatoms. The lowest BCUT2D eigenvalue weighted by molar-refractivity contribution is -0.384. The van der Waals surface area contributed by atoms with Crippen molar-refractivity contribution in [2.75, 3.05) is 12.5 Å². The molecule has 0 aromatic heterocycles. The number of ketones is 1. The highest BCUT2D eigenvalue weighted by molar-refractivity contribution is 6.64. The molecular formula is C22H18N4O4. The van der Waals surface area contributed by atoms with Crippen molar-refractivity contribution >= 4 is 29.1 Å². The van der Waals surface area contributed by atoms with Gasteiger partial charge in [-0.2, -0.15) is 5.10 Å². The average molecular weight is 402 g/mol.